The normalized spacial score (nSPS) is 11.5. The van der Waals surface area contributed by atoms with Crippen LogP contribution in [0.4, 0.5) is 0 Å². The summed E-state index contributed by atoms with van der Waals surface area (Å²) in [6.07, 6.45) is 2.23. The molecular weight excluding hydrogens is 436 g/mol. The average molecular weight is 465 g/mol. The Balaban J connectivity index is 2.15. The van der Waals surface area contributed by atoms with Crippen molar-refractivity contribution in [3.05, 3.63) is 58.8 Å². The van der Waals surface area contributed by atoms with E-state index >= 15 is 0 Å². The molecule has 168 valence electrons. The summed E-state index contributed by atoms with van der Waals surface area (Å²) in [6.45, 7) is 6.49. The first-order valence-electron chi connectivity index (χ1n) is 9.94. The summed E-state index contributed by atoms with van der Waals surface area (Å²) in [6, 6.07) is 9.67. The predicted molar refractivity (Wildman–Crippen MR) is 125 cm³/mol. The number of hydrogen-bond donors (Lipinski definition) is 0. The lowest BCUT2D eigenvalue weighted by atomic mass is 10.1. The molecule has 0 radical (unpaired) electrons. The summed E-state index contributed by atoms with van der Waals surface area (Å²) >= 11 is 7.55. The second kappa shape index (κ2) is 12.4. The number of amides is 2. The van der Waals surface area contributed by atoms with Crippen molar-refractivity contribution in [3.8, 4) is 11.5 Å². The number of benzene rings is 1. The third-order valence-electron chi connectivity index (χ3n) is 4.73. The zero-order valence-electron chi connectivity index (χ0n) is 18.2. The summed E-state index contributed by atoms with van der Waals surface area (Å²) in [7, 11) is 3.19. The molecule has 1 heterocycles. The molecule has 1 aromatic heterocycles. The zero-order valence-corrected chi connectivity index (χ0v) is 19.7. The number of ether oxygens (including phenoxy) is 2. The van der Waals surface area contributed by atoms with Crippen LogP contribution in [0, 0.1) is 0 Å². The minimum absolute atomic E-state index is 0.0424. The van der Waals surface area contributed by atoms with E-state index in [4.69, 9.17) is 21.1 Å². The number of hydrogen-bond acceptors (Lipinski definition) is 5. The smallest absolute Gasteiger partial charge is 0.242 e. The van der Waals surface area contributed by atoms with Gasteiger partial charge in [-0.25, -0.2) is 0 Å². The molecule has 1 atom stereocenters. The molecular formula is C23H29ClN2O4S. The third-order valence-corrected chi connectivity index (χ3v) is 5.77. The Bertz CT molecular complexity index is 870. The fourth-order valence-electron chi connectivity index (χ4n) is 3.09. The van der Waals surface area contributed by atoms with Gasteiger partial charge in [0.2, 0.25) is 11.8 Å². The fraction of sp³-hybridized carbons (Fsp3) is 0.391. The van der Waals surface area contributed by atoms with Crippen LogP contribution in [0.15, 0.2) is 48.4 Å². The third kappa shape index (κ3) is 7.29. The first-order valence-corrected chi connectivity index (χ1v) is 11.3. The van der Waals surface area contributed by atoms with Gasteiger partial charge in [0.05, 0.1) is 20.8 Å². The minimum Gasteiger partial charge on any atom is -0.493 e. The maximum atomic E-state index is 13.1. The summed E-state index contributed by atoms with van der Waals surface area (Å²) < 4.78 is 10.7. The molecule has 6 nitrogen and oxygen atoms in total. The summed E-state index contributed by atoms with van der Waals surface area (Å²) in [5.41, 5.74) is 1.02. The quantitative estimate of drug-likeness (QED) is 0.352. The van der Waals surface area contributed by atoms with Gasteiger partial charge >= 0.3 is 0 Å². The summed E-state index contributed by atoms with van der Waals surface area (Å²) in [5.74, 6) is 0.883. The predicted octanol–water partition coefficient (Wildman–Crippen LogP) is 3.98. The Morgan fingerprint density at radius 1 is 1.19 bits per heavy atom. The molecule has 2 amide bonds. The number of alkyl halides is 1. The van der Waals surface area contributed by atoms with E-state index in [9.17, 15) is 9.59 Å². The highest BCUT2D eigenvalue weighted by atomic mass is 35.5. The SMILES string of the molecule is C=CCN(CC(=O)N(CCc1ccc(OC)c(OC)c1)Cc1cccs1)C(=O)C(C)Cl. The van der Waals surface area contributed by atoms with Crippen molar-refractivity contribution in [1.29, 1.82) is 0 Å². The van der Waals surface area contributed by atoms with Crippen LogP contribution in [0.1, 0.15) is 17.4 Å². The number of carbonyl (C=O) groups excluding carboxylic acids is 2. The monoisotopic (exact) mass is 464 g/mol. The molecule has 2 aromatic rings. The van der Waals surface area contributed by atoms with Crippen LogP contribution in [0.2, 0.25) is 0 Å². The molecule has 1 aromatic carbocycles. The standard InChI is InChI=1S/C23H29ClN2O4S/c1-5-11-26(23(28)17(2)24)16-22(27)25(15-19-7-6-13-31-19)12-10-18-8-9-20(29-3)21(14-18)30-4/h5-9,13-14,17H,1,10-12,15-16H2,2-4H3. The van der Waals surface area contributed by atoms with Crippen molar-refractivity contribution in [2.24, 2.45) is 0 Å². The molecule has 0 fully saturated rings. The Morgan fingerprint density at radius 3 is 2.52 bits per heavy atom. The van der Waals surface area contributed by atoms with E-state index in [1.54, 1.807) is 43.5 Å². The highest BCUT2D eigenvalue weighted by molar-refractivity contribution is 7.09. The average Bonchev–Trinajstić information content (AvgIpc) is 3.28. The molecule has 0 N–H and O–H groups in total. The maximum absolute atomic E-state index is 13.1. The molecule has 2 rings (SSSR count). The van der Waals surface area contributed by atoms with E-state index < -0.39 is 5.38 Å². The van der Waals surface area contributed by atoms with Gasteiger partial charge in [0.25, 0.3) is 0 Å². The highest BCUT2D eigenvalue weighted by Crippen LogP contribution is 2.28. The minimum atomic E-state index is -0.703. The molecule has 0 spiro atoms. The molecule has 0 aliphatic rings. The summed E-state index contributed by atoms with van der Waals surface area (Å²) in [4.78, 5) is 29.8. The molecule has 0 aliphatic heterocycles. The maximum Gasteiger partial charge on any atom is 0.242 e. The number of methoxy groups -OCH3 is 2. The molecule has 1 unspecified atom stereocenters. The topological polar surface area (TPSA) is 59.1 Å². The summed E-state index contributed by atoms with van der Waals surface area (Å²) in [5, 5.41) is 1.28. The van der Waals surface area contributed by atoms with E-state index in [-0.39, 0.29) is 24.9 Å². The Hall–Kier alpha value is -2.51. The van der Waals surface area contributed by atoms with E-state index in [0.717, 1.165) is 10.4 Å². The number of rotatable bonds is 12. The van der Waals surface area contributed by atoms with Crippen molar-refractivity contribution in [2.45, 2.75) is 25.3 Å². The van der Waals surface area contributed by atoms with Crippen molar-refractivity contribution < 1.29 is 19.1 Å². The van der Waals surface area contributed by atoms with Gasteiger partial charge in [-0.3, -0.25) is 9.59 Å². The number of carbonyl (C=O) groups is 2. The first-order chi connectivity index (χ1) is 14.9. The Labute approximate surface area is 193 Å². The largest absolute Gasteiger partial charge is 0.493 e. The molecule has 0 aliphatic carbocycles. The lowest BCUT2D eigenvalue weighted by Gasteiger charge is -2.27. The fourth-order valence-corrected chi connectivity index (χ4v) is 3.94. The van der Waals surface area contributed by atoms with Gasteiger partial charge in [0.15, 0.2) is 11.5 Å². The van der Waals surface area contributed by atoms with Crippen molar-refractivity contribution >= 4 is 34.8 Å². The van der Waals surface area contributed by atoms with Crippen LogP contribution < -0.4 is 9.47 Å². The van der Waals surface area contributed by atoms with Crippen molar-refractivity contribution in [1.82, 2.24) is 9.80 Å². The van der Waals surface area contributed by atoms with Crippen molar-refractivity contribution in [2.75, 3.05) is 33.9 Å². The van der Waals surface area contributed by atoms with Crippen LogP contribution in [-0.4, -0.2) is 60.8 Å². The van der Waals surface area contributed by atoms with Gasteiger partial charge in [0, 0.05) is 18.0 Å². The van der Waals surface area contributed by atoms with Gasteiger partial charge in [-0.05, 0) is 42.5 Å². The second-order valence-corrected chi connectivity index (χ2v) is 8.64. The van der Waals surface area contributed by atoms with Crippen LogP contribution in [0.3, 0.4) is 0 Å². The van der Waals surface area contributed by atoms with E-state index in [0.29, 0.717) is 31.0 Å². The number of thiophene rings is 1. The van der Waals surface area contributed by atoms with Gasteiger partial charge in [-0.15, -0.1) is 29.5 Å². The Kier molecular flexibility index (Phi) is 9.88. The van der Waals surface area contributed by atoms with Gasteiger partial charge in [0.1, 0.15) is 11.9 Å². The highest BCUT2D eigenvalue weighted by Gasteiger charge is 2.23. The molecule has 31 heavy (non-hydrogen) atoms. The van der Waals surface area contributed by atoms with Crippen molar-refractivity contribution in [3.63, 3.8) is 0 Å². The molecule has 0 saturated heterocycles. The van der Waals surface area contributed by atoms with Crippen LogP contribution in [0.5, 0.6) is 11.5 Å². The van der Waals surface area contributed by atoms with E-state index in [2.05, 4.69) is 6.58 Å². The molecule has 0 bridgehead atoms. The van der Waals surface area contributed by atoms with Crippen LogP contribution >= 0.6 is 22.9 Å². The zero-order chi connectivity index (χ0) is 22.8. The number of nitrogens with zero attached hydrogens (tertiary/aromatic N) is 2. The lowest BCUT2D eigenvalue weighted by Crippen LogP contribution is -2.45. The Morgan fingerprint density at radius 2 is 1.94 bits per heavy atom. The molecule has 8 heteroatoms. The lowest BCUT2D eigenvalue weighted by molar-refractivity contribution is -0.140. The van der Waals surface area contributed by atoms with E-state index in [1.165, 1.54) is 4.90 Å². The van der Waals surface area contributed by atoms with Crippen LogP contribution in [0.25, 0.3) is 0 Å². The van der Waals surface area contributed by atoms with Crippen LogP contribution in [-0.2, 0) is 22.6 Å². The van der Waals surface area contributed by atoms with Gasteiger partial charge < -0.3 is 19.3 Å². The number of halogens is 1. The van der Waals surface area contributed by atoms with E-state index in [1.807, 2.05) is 35.7 Å². The first kappa shape index (κ1) is 24.8. The van der Waals surface area contributed by atoms with Gasteiger partial charge in [-0.2, -0.15) is 0 Å². The van der Waals surface area contributed by atoms with Gasteiger partial charge in [-0.1, -0.05) is 18.2 Å². The second-order valence-electron chi connectivity index (χ2n) is 6.96. The molecule has 0 saturated carbocycles.